The first-order chi connectivity index (χ1) is 12.9. The Morgan fingerprint density at radius 1 is 0.963 bits per heavy atom. The lowest BCUT2D eigenvalue weighted by Gasteiger charge is -2.18. The Bertz CT molecular complexity index is 647. The minimum Gasteiger partial charge on any atom is -0.301 e. The topological polar surface area (TPSA) is 101 Å². The van der Waals surface area contributed by atoms with E-state index in [9.17, 15) is 13.2 Å². The lowest BCUT2D eigenvalue weighted by atomic mass is 10.0. The van der Waals surface area contributed by atoms with Gasteiger partial charge in [0.1, 0.15) is 0 Å². The fourth-order valence-electron chi connectivity index (χ4n) is 2.86. The number of carbonyl (C=O) groups excluding carboxylic acids is 1. The Morgan fingerprint density at radius 3 is 2.07 bits per heavy atom. The molecule has 0 spiro atoms. The number of nitrogens with zero attached hydrogens (tertiary/aromatic N) is 2. The molecule has 2 N–H and O–H groups in total. The van der Waals surface area contributed by atoms with E-state index in [4.69, 9.17) is 0 Å². The van der Waals surface area contributed by atoms with Gasteiger partial charge in [-0.05, 0) is 12.8 Å². The largest absolute Gasteiger partial charge is 0.301 e. The summed E-state index contributed by atoms with van der Waals surface area (Å²) in [6.45, 7) is 5.69. The second-order valence-corrected chi connectivity index (χ2v) is 9.79. The third kappa shape index (κ3) is 10.2. The van der Waals surface area contributed by atoms with E-state index in [1.165, 1.54) is 32.6 Å². The quantitative estimate of drug-likeness (QED) is 0.323. The van der Waals surface area contributed by atoms with Gasteiger partial charge < -0.3 is 5.32 Å². The number of unbranched alkanes of at least 4 members (excludes halogenated alkanes) is 7. The molecule has 1 aromatic rings. The maximum absolute atomic E-state index is 12.6. The summed E-state index contributed by atoms with van der Waals surface area (Å²) < 4.78 is 28.0. The third-order valence-electron chi connectivity index (χ3n) is 4.30. The van der Waals surface area contributed by atoms with Crippen LogP contribution in [0.5, 0.6) is 0 Å². The smallest absolute Gasteiger partial charge is 0.270 e. The summed E-state index contributed by atoms with van der Waals surface area (Å²) in [6, 6.07) is -0.0819. The first kappa shape index (κ1) is 24.0. The van der Waals surface area contributed by atoms with Crippen LogP contribution in [-0.2, 0) is 14.8 Å². The zero-order valence-electron chi connectivity index (χ0n) is 16.8. The first-order valence-corrected chi connectivity index (χ1v) is 12.3. The van der Waals surface area contributed by atoms with Gasteiger partial charge in [-0.3, -0.25) is 4.79 Å². The van der Waals surface area contributed by atoms with E-state index in [-0.39, 0.29) is 21.4 Å². The van der Waals surface area contributed by atoms with Crippen molar-refractivity contribution in [2.45, 2.75) is 102 Å². The molecule has 1 heterocycles. The van der Waals surface area contributed by atoms with E-state index in [1.54, 1.807) is 0 Å². The summed E-state index contributed by atoms with van der Waals surface area (Å²) in [4.78, 5) is 11.1. The van der Waals surface area contributed by atoms with Gasteiger partial charge in [0, 0.05) is 13.0 Å². The summed E-state index contributed by atoms with van der Waals surface area (Å²) in [5, 5.41) is 10.1. The molecule has 0 aliphatic heterocycles. The van der Waals surface area contributed by atoms with Gasteiger partial charge in [-0.15, -0.1) is 10.2 Å². The van der Waals surface area contributed by atoms with Gasteiger partial charge in [0.25, 0.3) is 10.0 Å². The Morgan fingerprint density at radius 2 is 1.52 bits per heavy atom. The summed E-state index contributed by atoms with van der Waals surface area (Å²) in [5.41, 5.74) is 0. The van der Waals surface area contributed by atoms with Crippen LogP contribution in [0, 0.1) is 0 Å². The van der Waals surface area contributed by atoms with Crippen LogP contribution in [0.2, 0.25) is 0 Å². The van der Waals surface area contributed by atoms with Gasteiger partial charge >= 0.3 is 0 Å². The van der Waals surface area contributed by atoms with Crippen molar-refractivity contribution in [3.8, 4) is 0 Å². The highest BCUT2D eigenvalue weighted by atomic mass is 32.2. The molecule has 156 valence electrons. The maximum atomic E-state index is 12.6. The van der Waals surface area contributed by atoms with E-state index < -0.39 is 10.0 Å². The molecular formula is C18H34N4O3S2. The molecule has 1 atom stereocenters. The number of aromatic nitrogens is 2. The Balaban J connectivity index is 2.66. The van der Waals surface area contributed by atoms with E-state index in [0.29, 0.717) is 0 Å². The van der Waals surface area contributed by atoms with Gasteiger partial charge in [-0.1, -0.05) is 83.0 Å². The van der Waals surface area contributed by atoms with Crippen LogP contribution >= 0.6 is 11.3 Å². The average molecular weight is 419 g/mol. The summed E-state index contributed by atoms with van der Waals surface area (Å²) in [6.07, 6.45) is 11.9. The van der Waals surface area contributed by atoms with Crippen molar-refractivity contribution in [2.75, 3.05) is 5.32 Å². The third-order valence-corrected chi connectivity index (χ3v) is 7.03. The van der Waals surface area contributed by atoms with E-state index in [2.05, 4.69) is 34.1 Å². The number of nitrogens with one attached hydrogen (secondary N) is 2. The van der Waals surface area contributed by atoms with Crippen LogP contribution in [0.25, 0.3) is 0 Å². The Hall–Kier alpha value is -1.06. The number of anilines is 1. The number of amides is 1. The number of hydrogen-bond donors (Lipinski definition) is 2. The van der Waals surface area contributed by atoms with Crippen molar-refractivity contribution in [3.05, 3.63) is 0 Å². The molecule has 0 aliphatic carbocycles. The maximum Gasteiger partial charge on any atom is 0.270 e. The van der Waals surface area contributed by atoms with Gasteiger partial charge in [0.2, 0.25) is 15.4 Å². The molecule has 0 aliphatic rings. The fourth-order valence-corrected chi connectivity index (χ4v) is 5.13. The van der Waals surface area contributed by atoms with Crippen molar-refractivity contribution in [1.82, 2.24) is 14.9 Å². The van der Waals surface area contributed by atoms with E-state index >= 15 is 0 Å². The monoisotopic (exact) mass is 418 g/mol. The number of sulfonamides is 1. The van der Waals surface area contributed by atoms with Gasteiger partial charge in [0.15, 0.2) is 0 Å². The zero-order chi connectivity index (χ0) is 20.1. The second kappa shape index (κ2) is 13.2. The van der Waals surface area contributed by atoms with Crippen molar-refractivity contribution >= 4 is 32.4 Å². The normalized spacial score (nSPS) is 12.9. The van der Waals surface area contributed by atoms with Crippen molar-refractivity contribution in [2.24, 2.45) is 0 Å². The van der Waals surface area contributed by atoms with Crippen LogP contribution in [0.3, 0.4) is 0 Å². The number of carbonyl (C=O) groups is 1. The minimum absolute atomic E-state index is 0.0819. The van der Waals surface area contributed by atoms with Crippen molar-refractivity contribution in [3.63, 3.8) is 0 Å². The molecule has 1 unspecified atom stereocenters. The van der Waals surface area contributed by atoms with Crippen LogP contribution in [0.15, 0.2) is 4.34 Å². The fraction of sp³-hybridized carbons (Fsp3) is 0.833. The van der Waals surface area contributed by atoms with Crippen LogP contribution in [0.1, 0.15) is 91.4 Å². The Labute approximate surface area is 167 Å². The summed E-state index contributed by atoms with van der Waals surface area (Å²) in [5.74, 6) is -0.302. The average Bonchev–Trinajstić information content (AvgIpc) is 3.06. The molecule has 0 fully saturated rings. The standard InChI is InChI=1S/C18H34N4O3S2/c1-4-6-8-10-12-14-16(13-11-9-7-5-2)22-27(24,25)18-21-20-17(26-18)19-15(3)23/h16,22H,4-14H2,1-3H3,(H,19,20,23). The van der Waals surface area contributed by atoms with E-state index in [0.717, 1.165) is 56.3 Å². The van der Waals surface area contributed by atoms with Crippen molar-refractivity contribution in [1.29, 1.82) is 0 Å². The van der Waals surface area contributed by atoms with E-state index in [1.807, 2.05) is 0 Å². The van der Waals surface area contributed by atoms with Crippen LogP contribution < -0.4 is 10.0 Å². The lowest BCUT2D eigenvalue weighted by Crippen LogP contribution is -2.34. The minimum atomic E-state index is -3.72. The van der Waals surface area contributed by atoms with Crippen LogP contribution in [-0.4, -0.2) is 30.6 Å². The molecule has 1 aromatic heterocycles. The number of hydrogen-bond acceptors (Lipinski definition) is 6. The SMILES string of the molecule is CCCCCCCC(CCCCCC)NS(=O)(=O)c1nnc(NC(C)=O)s1. The molecule has 0 bridgehead atoms. The van der Waals surface area contributed by atoms with Gasteiger partial charge in [-0.2, -0.15) is 0 Å². The molecule has 9 heteroatoms. The molecule has 1 rings (SSSR count). The van der Waals surface area contributed by atoms with Crippen molar-refractivity contribution < 1.29 is 13.2 Å². The van der Waals surface area contributed by atoms with Gasteiger partial charge in [-0.25, -0.2) is 13.1 Å². The molecule has 1 amide bonds. The molecule has 7 nitrogen and oxygen atoms in total. The Kier molecular flexibility index (Phi) is 11.7. The second-order valence-electron chi connectivity index (χ2n) is 6.92. The predicted octanol–water partition coefficient (Wildman–Crippen LogP) is 4.47. The number of rotatable bonds is 15. The van der Waals surface area contributed by atoms with Gasteiger partial charge in [0.05, 0.1) is 0 Å². The molecule has 27 heavy (non-hydrogen) atoms. The molecule has 0 saturated carbocycles. The molecule has 0 aromatic carbocycles. The molecule has 0 saturated heterocycles. The highest BCUT2D eigenvalue weighted by Gasteiger charge is 2.24. The highest BCUT2D eigenvalue weighted by molar-refractivity contribution is 7.91. The first-order valence-electron chi connectivity index (χ1n) is 10.0. The summed E-state index contributed by atoms with van der Waals surface area (Å²) in [7, 11) is -3.72. The predicted molar refractivity (Wildman–Crippen MR) is 110 cm³/mol. The zero-order valence-corrected chi connectivity index (χ0v) is 18.4. The summed E-state index contributed by atoms with van der Waals surface area (Å²) >= 11 is 0.872. The van der Waals surface area contributed by atoms with Crippen LogP contribution in [0.4, 0.5) is 5.13 Å². The highest BCUT2D eigenvalue weighted by Crippen LogP contribution is 2.21. The molecular weight excluding hydrogens is 384 g/mol. The molecule has 0 radical (unpaired) electrons. The lowest BCUT2D eigenvalue weighted by molar-refractivity contribution is -0.114.